The van der Waals surface area contributed by atoms with Crippen LogP contribution in [0.25, 0.3) is 22.3 Å². The Balaban J connectivity index is 2.22. The molecule has 3 heteroatoms. The van der Waals surface area contributed by atoms with Crippen LogP contribution < -0.4 is 5.73 Å². The van der Waals surface area contributed by atoms with E-state index in [-0.39, 0.29) is 5.69 Å². The second kappa shape index (κ2) is 3.88. The van der Waals surface area contributed by atoms with Crippen molar-refractivity contribution in [1.29, 1.82) is 0 Å². The maximum Gasteiger partial charge on any atom is 0.146 e. The summed E-state index contributed by atoms with van der Waals surface area (Å²) in [4.78, 5) is 0. The second-order valence-electron chi connectivity index (χ2n) is 4.35. The number of furan rings is 1. The summed E-state index contributed by atoms with van der Waals surface area (Å²) in [6, 6.07) is 12.5. The molecule has 0 saturated heterocycles. The molecule has 0 aliphatic heterocycles. The highest BCUT2D eigenvalue weighted by Gasteiger charge is 2.11. The maximum atomic E-state index is 13.4. The summed E-state index contributed by atoms with van der Waals surface area (Å²) in [7, 11) is 0. The van der Waals surface area contributed by atoms with Gasteiger partial charge in [0.1, 0.15) is 17.2 Å². The fourth-order valence-corrected chi connectivity index (χ4v) is 2.05. The number of hydrogen-bond donors (Lipinski definition) is 1. The van der Waals surface area contributed by atoms with Gasteiger partial charge in [-0.25, -0.2) is 4.39 Å². The third-order valence-corrected chi connectivity index (χ3v) is 2.99. The first-order valence-corrected chi connectivity index (χ1v) is 5.70. The van der Waals surface area contributed by atoms with Gasteiger partial charge < -0.3 is 10.2 Å². The average Bonchev–Trinajstić information content (AvgIpc) is 2.75. The molecule has 0 bridgehead atoms. The molecule has 0 aliphatic rings. The molecule has 18 heavy (non-hydrogen) atoms. The first-order valence-electron chi connectivity index (χ1n) is 5.70. The Morgan fingerprint density at radius 3 is 2.78 bits per heavy atom. The lowest BCUT2D eigenvalue weighted by Crippen LogP contribution is -1.92. The molecule has 0 radical (unpaired) electrons. The van der Waals surface area contributed by atoms with Crippen molar-refractivity contribution < 1.29 is 8.81 Å². The number of nitrogens with two attached hydrogens (primary N) is 1. The van der Waals surface area contributed by atoms with Gasteiger partial charge in [0, 0.05) is 10.9 Å². The zero-order valence-electron chi connectivity index (χ0n) is 9.91. The largest absolute Gasteiger partial charge is 0.456 e. The van der Waals surface area contributed by atoms with Crippen molar-refractivity contribution in [3.63, 3.8) is 0 Å². The van der Waals surface area contributed by atoms with E-state index in [0.29, 0.717) is 11.3 Å². The van der Waals surface area contributed by atoms with E-state index >= 15 is 0 Å². The lowest BCUT2D eigenvalue weighted by molar-refractivity contribution is 0.622. The zero-order chi connectivity index (χ0) is 12.7. The summed E-state index contributed by atoms with van der Waals surface area (Å²) < 4.78 is 19.1. The van der Waals surface area contributed by atoms with Crippen LogP contribution in [0, 0.1) is 12.7 Å². The van der Waals surface area contributed by atoms with Crippen molar-refractivity contribution in [3.8, 4) is 11.3 Å². The van der Waals surface area contributed by atoms with Crippen molar-refractivity contribution >= 4 is 16.7 Å². The Hall–Kier alpha value is -2.29. The normalized spacial score (nSPS) is 11.0. The monoisotopic (exact) mass is 241 g/mol. The predicted molar refractivity (Wildman–Crippen MR) is 70.8 cm³/mol. The first-order chi connectivity index (χ1) is 8.65. The van der Waals surface area contributed by atoms with E-state index in [4.69, 9.17) is 10.2 Å². The van der Waals surface area contributed by atoms with Crippen LogP contribution >= 0.6 is 0 Å². The lowest BCUT2D eigenvalue weighted by Gasteiger charge is -2.02. The summed E-state index contributed by atoms with van der Waals surface area (Å²) in [6.07, 6.45) is 0. The van der Waals surface area contributed by atoms with Crippen LogP contribution in [0.15, 0.2) is 46.9 Å². The number of para-hydroxylation sites is 1. The van der Waals surface area contributed by atoms with Crippen molar-refractivity contribution in [3.05, 3.63) is 53.8 Å². The molecule has 0 spiro atoms. The summed E-state index contributed by atoms with van der Waals surface area (Å²) in [5.41, 5.74) is 8.37. The summed E-state index contributed by atoms with van der Waals surface area (Å²) >= 11 is 0. The number of aryl methyl sites for hydroxylation is 1. The van der Waals surface area contributed by atoms with E-state index in [1.165, 1.54) is 6.07 Å². The SMILES string of the molecule is Cc1ccc2oc(-c3cccc(F)c3N)cc2c1. The smallest absolute Gasteiger partial charge is 0.146 e. The van der Waals surface area contributed by atoms with Gasteiger partial charge in [-0.05, 0) is 37.3 Å². The van der Waals surface area contributed by atoms with E-state index in [0.717, 1.165) is 16.5 Å². The Labute approximate surface area is 104 Å². The van der Waals surface area contributed by atoms with E-state index in [1.54, 1.807) is 12.1 Å². The van der Waals surface area contributed by atoms with Crippen molar-refractivity contribution in [1.82, 2.24) is 0 Å². The van der Waals surface area contributed by atoms with E-state index in [1.807, 2.05) is 31.2 Å². The standard InChI is InChI=1S/C15H12FNO/c1-9-5-6-13-10(7-9)8-14(18-13)11-3-2-4-12(16)15(11)17/h2-8H,17H2,1H3. The molecule has 0 fully saturated rings. The highest BCUT2D eigenvalue weighted by Crippen LogP contribution is 2.32. The Morgan fingerprint density at radius 2 is 1.94 bits per heavy atom. The average molecular weight is 241 g/mol. The van der Waals surface area contributed by atoms with Gasteiger partial charge in [0.2, 0.25) is 0 Å². The number of hydrogen-bond acceptors (Lipinski definition) is 2. The molecular weight excluding hydrogens is 229 g/mol. The predicted octanol–water partition coefficient (Wildman–Crippen LogP) is 4.13. The molecule has 90 valence electrons. The number of fused-ring (bicyclic) bond motifs is 1. The van der Waals surface area contributed by atoms with Crippen LogP contribution in [0.2, 0.25) is 0 Å². The maximum absolute atomic E-state index is 13.4. The third kappa shape index (κ3) is 1.64. The summed E-state index contributed by atoms with van der Waals surface area (Å²) in [6.45, 7) is 2.02. The number of halogens is 1. The number of anilines is 1. The van der Waals surface area contributed by atoms with Crippen molar-refractivity contribution in [2.45, 2.75) is 6.92 Å². The molecule has 0 aliphatic carbocycles. The minimum atomic E-state index is -0.427. The topological polar surface area (TPSA) is 39.2 Å². The molecule has 0 atom stereocenters. The van der Waals surface area contributed by atoms with Crippen LogP contribution in [0.1, 0.15) is 5.56 Å². The first kappa shape index (κ1) is 10.8. The van der Waals surface area contributed by atoms with Crippen molar-refractivity contribution in [2.75, 3.05) is 5.73 Å². The molecule has 1 aromatic heterocycles. The molecule has 0 saturated carbocycles. The van der Waals surface area contributed by atoms with Crippen LogP contribution in [-0.4, -0.2) is 0 Å². The molecule has 3 rings (SSSR count). The number of benzene rings is 2. The molecule has 0 amide bonds. The fourth-order valence-electron chi connectivity index (χ4n) is 2.05. The van der Waals surface area contributed by atoms with Gasteiger partial charge in [0.15, 0.2) is 0 Å². The quantitative estimate of drug-likeness (QED) is 0.650. The van der Waals surface area contributed by atoms with Gasteiger partial charge in [-0.1, -0.05) is 17.7 Å². The molecular formula is C15H12FNO. The number of nitrogen functional groups attached to an aromatic ring is 1. The van der Waals surface area contributed by atoms with Crippen LogP contribution in [-0.2, 0) is 0 Å². The molecule has 1 heterocycles. The van der Waals surface area contributed by atoms with Gasteiger partial charge in [0.25, 0.3) is 0 Å². The van der Waals surface area contributed by atoms with Gasteiger partial charge in [-0.15, -0.1) is 0 Å². The minimum Gasteiger partial charge on any atom is -0.456 e. The molecule has 2 aromatic carbocycles. The van der Waals surface area contributed by atoms with Gasteiger partial charge >= 0.3 is 0 Å². The van der Waals surface area contributed by atoms with E-state index in [2.05, 4.69) is 0 Å². The Kier molecular flexibility index (Phi) is 2.33. The zero-order valence-corrected chi connectivity index (χ0v) is 9.91. The van der Waals surface area contributed by atoms with E-state index in [9.17, 15) is 4.39 Å². The Morgan fingerprint density at radius 1 is 1.11 bits per heavy atom. The molecule has 0 unspecified atom stereocenters. The molecule has 3 aromatic rings. The van der Waals surface area contributed by atoms with Gasteiger partial charge in [-0.2, -0.15) is 0 Å². The second-order valence-corrected chi connectivity index (χ2v) is 4.35. The third-order valence-electron chi connectivity index (χ3n) is 2.99. The Bertz CT molecular complexity index is 730. The summed E-state index contributed by atoms with van der Waals surface area (Å²) in [5, 5.41) is 0.994. The van der Waals surface area contributed by atoms with Crippen LogP contribution in [0.4, 0.5) is 10.1 Å². The molecule has 2 nitrogen and oxygen atoms in total. The van der Waals surface area contributed by atoms with Crippen molar-refractivity contribution in [2.24, 2.45) is 0 Å². The highest BCUT2D eigenvalue weighted by atomic mass is 19.1. The van der Waals surface area contributed by atoms with Gasteiger partial charge in [-0.3, -0.25) is 0 Å². The summed E-state index contributed by atoms with van der Waals surface area (Å²) in [5.74, 6) is 0.164. The van der Waals surface area contributed by atoms with Gasteiger partial charge in [0.05, 0.1) is 5.69 Å². The highest BCUT2D eigenvalue weighted by molar-refractivity contribution is 5.86. The lowest BCUT2D eigenvalue weighted by atomic mass is 10.1. The van der Waals surface area contributed by atoms with Crippen LogP contribution in [0.5, 0.6) is 0 Å². The van der Waals surface area contributed by atoms with Crippen LogP contribution in [0.3, 0.4) is 0 Å². The van der Waals surface area contributed by atoms with E-state index < -0.39 is 5.82 Å². The number of rotatable bonds is 1. The minimum absolute atomic E-state index is 0.119. The molecule has 2 N–H and O–H groups in total. The fraction of sp³-hybridized carbons (Fsp3) is 0.0667.